The van der Waals surface area contributed by atoms with Crippen molar-refractivity contribution in [2.75, 3.05) is 13.2 Å². The van der Waals surface area contributed by atoms with Gasteiger partial charge >= 0.3 is 0 Å². The van der Waals surface area contributed by atoms with Crippen molar-refractivity contribution >= 4 is 11.6 Å². The van der Waals surface area contributed by atoms with E-state index >= 15 is 0 Å². The summed E-state index contributed by atoms with van der Waals surface area (Å²) in [5, 5.41) is 0.876. The van der Waals surface area contributed by atoms with Gasteiger partial charge in [0.15, 0.2) is 0 Å². The molecule has 2 aliphatic rings. The van der Waals surface area contributed by atoms with E-state index in [9.17, 15) is 0 Å². The van der Waals surface area contributed by atoms with Gasteiger partial charge in [-0.3, -0.25) is 0 Å². The van der Waals surface area contributed by atoms with Crippen molar-refractivity contribution < 1.29 is 4.74 Å². The van der Waals surface area contributed by atoms with Crippen LogP contribution in [0.4, 0.5) is 0 Å². The van der Waals surface area contributed by atoms with E-state index in [0.29, 0.717) is 6.54 Å². The summed E-state index contributed by atoms with van der Waals surface area (Å²) in [5.41, 5.74) is 8.77. The molecule has 1 aliphatic heterocycles. The van der Waals surface area contributed by atoms with Crippen LogP contribution in [-0.2, 0) is 11.8 Å². The van der Waals surface area contributed by atoms with Gasteiger partial charge in [0.25, 0.3) is 0 Å². The molecule has 0 radical (unpaired) electrons. The summed E-state index contributed by atoms with van der Waals surface area (Å²) in [5.74, 6) is 1.02. The van der Waals surface area contributed by atoms with Gasteiger partial charge < -0.3 is 10.5 Å². The van der Waals surface area contributed by atoms with Crippen LogP contribution in [0.1, 0.15) is 36.8 Å². The van der Waals surface area contributed by atoms with Crippen LogP contribution in [0.3, 0.4) is 0 Å². The van der Waals surface area contributed by atoms with E-state index in [1.807, 2.05) is 12.1 Å². The second kappa shape index (κ2) is 4.18. The van der Waals surface area contributed by atoms with Crippen LogP contribution in [0.25, 0.3) is 0 Å². The summed E-state index contributed by atoms with van der Waals surface area (Å²) < 4.78 is 5.64. The van der Waals surface area contributed by atoms with Crippen LogP contribution in [0, 0.1) is 0 Å². The zero-order valence-corrected chi connectivity index (χ0v) is 10.7. The number of hydrogen-bond donors (Lipinski definition) is 1. The Hall–Kier alpha value is -0.730. The summed E-state index contributed by atoms with van der Waals surface area (Å²) in [6.07, 6.45) is 5.84. The maximum Gasteiger partial charge on any atom is 0.123 e. The third-order valence-corrected chi connectivity index (χ3v) is 4.63. The van der Waals surface area contributed by atoms with Crippen LogP contribution >= 0.6 is 11.6 Å². The van der Waals surface area contributed by atoms with Gasteiger partial charge in [-0.05, 0) is 30.5 Å². The maximum absolute atomic E-state index is 6.45. The van der Waals surface area contributed by atoms with Gasteiger partial charge in [-0.2, -0.15) is 0 Å². The van der Waals surface area contributed by atoms with Crippen molar-refractivity contribution in [2.24, 2.45) is 5.73 Å². The van der Waals surface area contributed by atoms with Gasteiger partial charge in [0, 0.05) is 29.0 Å². The monoisotopic (exact) mass is 251 g/mol. The Balaban J connectivity index is 2.16. The van der Waals surface area contributed by atoms with Crippen LogP contribution in [0.15, 0.2) is 12.1 Å². The number of fused-ring (bicyclic) bond motifs is 1. The average molecular weight is 252 g/mol. The Kier molecular flexibility index (Phi) is 2.80. The van der Waals surface area contributed by atoms with Crippen LogP contribution in [0.5, 0.6) is 5.75 Å². The first-order chi connectivity index (χ1) is 8.27. The lowest BCUT2D eigenvalue weighted by Crippen LogP contribution is -2.33. The highest BCUT2D eigenvalue weighted by atomic mass is 35.5. The third kappa shape index (κ3) is 1.66. The fourth-order valence-corrected chi connectivity index (χ4v) is 3.81. The first-order valence-corrected chi connectivity index (χ1v) is 6.79. The lowest BCUT2D eigenvalue weighted by atomic mass is 9.76. The molecule has 1 aliphatic carbocycles. The Morgan fingerprint density at radius 1 is 1.29 bits per heavy atom. The van der Waals surface area contributed by atoms with E-state index in [1.54, 1.807) is 0 Å². The highest BCUT2D eigenvalue weighted by Gasteiger charge is 2.39. The molecule has 1 aromatic rings. The van der Waals surface area contributed by atoms with E-state index in [2.05, 4.69) is 0 Å². The van der Waals surface area contributed by atoms with Gasteiger partial charge in [0.1, 0.15) is 5.75 Å². The Morgan fingerprint density at radius 2 is 2.06 bits per heavy atom. The van der Waals surface area contributed by atoms with Crippen molar-refractivity contribution in [1.29, 1.82) is 0 Å². The summed E-state index contributed by atoms with van der Waals surface area (Å²) in [4.78, 5) is 0. The van der Waals surface area contributed by atoms with Gasteiger partial charge in [-0.15, -0.1) is 0 Å². The van der Waals surface area contributed by atoms with Gasteiger partial charge in [0.2, 0.25) is 0 Å². The molecule has 0 amide bonds. The summed E-state index contributed by atoms with van der Waals surface area (Å²) in [7, 11) is 0. The smallest absolute Gasteiger partial charge is 0.123 e. The minimum Gasteiger partial charge on any atom is -0.493 e. The Bertz CT molecular complexity index is 438. The van der Waals surface area contributed by atoms with E-state index in [4.69, 9.17) is 22.1 Å². The lowest BCUT2D eigenvalue weighted by molar-refractivity contribution is 0.357. The minimum absolute atomic E-state index is 0.107. The predicted molar refractivity (Wildman–Crippen MR) is 69.9 cm³/mol. The van der Waals surface area contributed by atoms with Crippen LogP contribution in [-0.4, -0.2) is 13.2 Å². The molecule has 0 bridgehead atoms. The number of benzene rings is 1. The van der Waals surface area contributed by atoms with Crippen LogP contribution in [0.2, 0.25) is 5.02 Å². The highest BCUT2D eigenvalue weighted by Crippen LogP contribution is 2.47. The zero-order valence-electron chi connectivity index (χ0n) is 9.97. The third-order valence-electron chi connectivity index (χ3n) is 4.31. The largest absolute Gasteiger partial charge is 0.493 e. The first kappa shape index (κ1) is 11.4. The summed E-state index contributed by atoms with van der Waals surface area (Å²) >= 11 is 6.45. The van der Waals surface area contributed by atoms with Crippen molar-refractivity contribution in [1.82, 2.24) is 0 Å². The molecule has 0 aromatic heterocycles. The van der Waals surface area contributed by atoms with Crippen molar-refractivity contribution in [3.8, 4) is 5.75 Å². The molecule has 3 rings (SSSR count). The SMILES string of the molecule is NCC1(c2c(Cl)ccc3c2CCO3)CCCC1. The molecule has 2 N–H and O–H groups in total. The molecule has 92 valence electrons. The predicted octanol–water partition coefficient (Wildman–Crippen LogP) is 3.05. The zero-order chi connectivity index (χ0) is 11.9. The van der Waals surface area contributed by atoms with E-state index in [1.165, 1.54) is 36.8 Å². The molecule has 0 atom stereocenters. The fraction of sp³-hybridized carbons (Fsp3) is 0.571. The molecule has 1 aromatic carbocycles. The molecule has 1 heterocycles. The highest BCUT2D eigenvalue weighted by molar-refractivity contribution is 6.31. The van der Waals surface area contributed by atoms with E-state index in [-0.39, 0.29) is 5.41 Å². The molecule has 0 saturated heterocycles. The van der Waals surface area contributed by atoms with Crippen molar-refractivity contribution in [2.45, 2.75) is 37.5 Å². The Morgan fingerprint density at radius 3 is 2.76 bits per heavy atom. The van der Waals surface area contributed by atoms with E-state index in [0.717, 1.165) is 23.8 Å². The molecule has 3 heteroatoms. The maximum atomic E-state index is 6.45. The van der Waals surface area contributed by atoms with Crippen molar-refractivity contribution in [3.05, 3.63) is 28.3 Å². The molecule has 2 nitrogen and oxygen atoms in total. The lowest BCUT2D eigenvalue weighted by Gasteiger charge is -2.30. The minimum atomic E-state index is 0.107. The van der Waals surface area contributed by atoms with Gasteiger partial charge in [-0.1, -0.05) is 24.4 Å². The second-order valence-electron chi connectivity index (χ2n) is 5.19. The summed E-state index contributed by atoms with van der Waals surface area (Å²) in [6.45, 7) is 1.48. The molecular weight excluding hydrogens is 234 g/mol. The molecule has 0 unspecified atom stereocenters. The topological polar surface area (TPSA) is 35.2 Å². The summed E-state index contributed by atoms with van der Waals surface area (Å²) in [6, 6.07) is 3.96. The number of hydrogen-bond acceptors (Lipinski definition) is 2. The number of halogens is 1. The van der Waals surface area contributed by atoms with Gasteiger partial charge in [0.05, 0.1) is 6.61 Å². The fourth-order valence-electron chi connectivity index (χ4n) is 3.43. The standard InChI is InChI=1S/C14H18ClNO/c15-11-3-4-12-10(5-8-17-12)13(11)14(9-16)6-1-2-7-14/h3-4H,1-2,5-9,16H2. The number of rotatable bonds is 2. The second-order valence-corrected chi connectivity index (χ2v) is 5.60. The Labute approximate surface area is 107 Å². The van der Waals surface area contributed by atoms with Crippen LogP contribution < -0.4 is 10.5 Å². The molecule has 17 heavy (non-hydrogen) atoms. The number of ether oxygens (including phenoxy) is 1. The first-order valence-electron chi connectivity index (χ1n) is 6.41. The normalized spacial score (nSPS) is 21.3. The van der Waals surface area contributed by atoms with E-state index < -0.39 is 0 Å². The number of nitrogens with two attached hydrogens (primary N) is 1. The average Bonchev–Trinajstić information content (AvgIpc) is 2.97. The molecule has 0 spiro atoms. The molecule has 1 saturated carbocycles. The quantitative estimate of drug-likeness (QED) is 0.877. The van der Waals surface area contributed by atoms with Gasteiger partial charge in [-0.25, -0.2) is 0 Å². The van der Waals surface area contributed by atoms with Crippen molar-refractivity contribution in [3.63, 3.8) is 0 Å². The molecular formula is C14H18ClNO. The molecule has 1 fully saturated rings.